The summed E-state index contributed by atoms with van der Waals surface area (Å²) in [5.74, 6) is 1.51. The van der Waals surface area contributed by atoms with Crippen LogP contribution in [0.15, 0.2) is 48.5 Å². The number of carbonyl (C=O) groups excluding carboxylic acids is 1. The highest BCUT2D eigenvalue weighted by atomic mass is 32.1. The quantitative estimate of drug-likeness (QED) is 0.513. The summed E-state index contributed by atoms with van der Waals surface area (Å²) in [5.41, 5.74) is 4.87. The van der Waals surface area contributed by atoms with E-state index in [4.69, 9.17) is 12.2 Å². The monoisotopic (exact) mass is 463 g/mol. The number of aromatic nitrogens is 3. The standard InChI is InChI=1S/C26H33N5OS/c1-19(2)22-9-7-21(8-10-22)18-29-13-15-30(16-14-29)24(32)11-12-31-25(27-28-26(31)33)23-6-4-5-20(3)17-23/h4-10,17,19H,11-16,18H2,1-3H3,(H,28,33). The highest BCUT2D eigenvalue weighted by molar-refractivity contribution is 7.71. The number of amides is 1. The van der Waals surface area contributed by atoms with Gasteiger partial charge in [0.1, 0.15) is 0 Å². The van der Waals surface area contributed by atoms with E-state index in [1.54, 1.807) is 0 Å². The van der Waals surface area contributed by atoms with Gasteiger partial charge in [-0.2, -0.15) is 5.10 Å². The molecule has 174 valence electrons. The number of carbonyl (C=O) groups is 1. The van der Waals surface area contributed by atoms with Gasteiger partial charge in [-0.15, -0.1) is 0 Å². The van der Waals surface area contributed by atoms with Crippen LogP contribution in [0.1, 0.15) is 42.9 Å². The SMILES string of the molecule is Cc1cccc(-c2n[nH]c(=S)n2CCC(=O)N2CCN(Cc3ccc(C(C)C)cc3)CC2)c1. The number of piperazine rings is 1. The van der Waals surface area contributed by atoms with E-state index in [1.807, 2.05) is 21.6 Å². The molecule has 0 bridgehead atoms. The molecule has 7 heteroatoms. The summed E-state index contributed by atoms with van der Waals surface area (Å²) in [6.45, 7) is 11.3. The van der Waals surface area contributed by atoms with Gasteiger partial charge in [0.2, 0.25) is 5.91 Å². The second-order valence-electron chi connectivity index (χ2n) is 9.18. The Kier molecular flexibility index (Phi) is 7.40. The fourth-order valence-corrected chi connectivity index (χ4v) is 4.54. The molecule has 4 rings (SSSR count). The number of aryl methyl sites for hydroxylation is 1. The van der Waals surface area contributed by atoms with Crippen molar-refractivity contribution in [2.75, 3.05) is 26.2 Å². The van der Waals surface area contributed by atoms with Gasteiger partial charge in [-0.3, -0.25) is 19.4 Å². The van der Waals surface area contributed by atoms with Gasteiger partial charge in [0, 0.05) is 51.3 Å². The van der Waals surface area contributed by atoms with E-state index in [2.05, 4.69) is 72.3 Å². The second kappa shape index (κ2) is 10.4. The minimum absolute atomic E-state index is 0.175. The van der Waals surface area contributed by atoms with Crippen LogP contribution in [0.25, 0.3) is 11.4 Å². The Morgan fingerprint density at radius 3 is 2.48 bits per heavy atom. The van der Waals surface area contributed by atoms with Crippen molar-refractivity contribution >= 4 is 18.1 Å². The molecule has 0 unspecified atom stereocenters. The smallest absolute Gasteiger partial charge is 0.224 e. The van der Waals surface area contributed by atoms with Crippen molar-refractivity contribution in [2.45, 2.75) is 46.2 Å². The van der Waals surface area contributed by atoms with E-state index in [1.165, 1.54) is 11.1 Å². The third-order valence-corrected chi connectivity index (χ3v) is 6.67. The zero-order chi connectivity index (χ0) is 23.4. The largest absolute Gasteiger partial charge is 0.340 e. The lowest BCUT2D eigenvalue weighted by Crippen LogP contribution is -2.48. The van der Waals surface area contributed by atoms with Crippen molar-refractivity contribution in [2.24, 2.45) is 0 Å². The molecule has 0 radical (unpaired) electrons. The molecule has 33 heavy (non-hydrogen) atoms. The Labute approximate surface area is 201 Å². The van der Waals surface area contributed by atoms with Crippen molar-refractivity contribution in [1.29, 1.82) is 0 Å². The normalized spacial score (nSPS) is 14.7. The first-order chi connectivity index (χ1) is 15.9. The van der Waals surface area contributed by atoms with Gasteiger partial charge >= 0.3 is 0 Å². The van der Waals surface area contributed by atoms with E-state index < -0.39 is 0 Å². The van der Waals surface area contributed by atoms with Crippen LogP contribution in [-0.4, -0.2) is 56.7 Å². The first-order valence-corrected chi connectivity index (χ1v) is 12.1. The molecular weight excluding hydrogens is 430 g/mol. The molecule has 1 aromatic heterocycles. The lowest BCUT2D eigenvalue weighted by molar-refractivity contribution is -0.133. The Hall–Kier alpha value is -2.77. The van der Waals surface area contributed by atoms with Gasteiger partial charge in [-0.25, -0.2) is 0 Å². The van der Waals surface area contributed by atoms with E-state index >= 15 is 0 Å². The lowest BCUT2D eigenvalue weighted by atomic mass is 10.0. The predicted octanol–water partition coefficient (Wildman–Crippen LogP) is 4.77. The summed E-state index contributed by atoms with van der Waals surface area (Å²) in [6, 6.07) is 17.1. The first kappa shape index (κ1) is 23.4. The average Bonchev–Trinajstić information content (AvgIpc) is 3.18. The van der Waals surface area contributed by atoms with Crippen LogP contribution in [0.2, 0.25) is 0 Å². The van der Waals surface area contributed by atoms with E-state index in [0.29, 0.717) is 23.7 Å². The molecule has 3 aromatic rings. The Morgan fingerprint density at radius 2 is 1.82 bits per heavy atom. The number of rotatable bonds is 7. The topological polar surface area (TPSA) is 57.2 Å². The number of hydrogen-bond donors (Lipinski definition) is 1. The number of hydrogen-bond acceptors (Lipinski definition) is 4. The summed E-state index contributed by atoms with van der Waals surface area (Å²) >= 11 is 5.43. The Bertz CT molecular complexity index is 1140. The van der Waals surface area contributed by atoms with Crippen molar-refractivity contribution in [1.82, 2.24) is 24.6 Å². The Balaban J connectivity index is 1.30. The molecule has 6 nitrogen and oxygen atoms in total. The molecule has 0 saturated carbocycles. The number of aromatic amines is 1. The highest BCUT2D eigenvalue weighted by Gasteiger charge is 2.21. The Morgan fingerprint density at radius 1 is 1.09 bits per heavy atom. The van der Waals surface area contributed by atoms with E-state index in [-0.39, 0.29) is 5.91 Å². The maximum Gasteiger partial charge on any atom is 0.224 e. The number of nitrogens with zero attached hydrogens (tertiary/aromatic N) is 4. The summed E-state index contributed by atoms with van der Waals surface area (Å²) in [4.78, 5) is 17.3. The zero-order valence-electron chi connectivity index (χ0n) is 19.8. The molecule has 0 atom stereocenters. The maximum atomic E-state index is 12.9. The summed E-state index contributed by atoms with van der Waals surface area (Å²) in [7, 11) is 0. The van der Waals surface area contributed by atoms with Crippen LogP contribution >= 0.6 is 12.2 Å². The van der Waals surface area contributed by atoms with Crippen molar-refractivity contribution < 1.29 is 4.79 Å². The maximum absolute atomic E-state index is 12.9. The molecule has 1 saturated heterocycles. The second-order valence-corrected chi connectivity index (χ2v) is 9.56. The van der Waals surface area contributed by atoms with Gasteiger partial charge in [-0.1, -0.05) is 61.9 Å². The first-order valence-electron chi connectivity index (χ1n) is 11.7. The fraction of sp³-hybridized carbons (Fsp3) is 0.423. The molecule has 0 aliphatic carbocycles. The number of H-pyrrole nitrogens is 1. The molecule has 1 fully saturated rings. The highest BCUT2D eigenvalue weighted by Crippen LogP contribution is 2.20. The minimum Gasteiger partial charge on any atom is -0.340 e. The molecule has 2 heterocycles. The van der Waals surface area contributed by atoms with Crippen molar-refractivity contribution in [3.05, 3.63) is 70.0 Å². The summed E-state index contributed by atoms with van der Waals surface area (Å²) in [5, 5.41) is 7.28. The van der Waals surface area contributed by atoms with Crippen molar-refractivity contribution in [3.63, 3.8) is 0 Å². The van der Waals surface area contributed by atoms with E-state index in [9.17, 15) is 4.79 Å². The van der Waals surface area contributed by atoms with Crippen LogP contribution in [-0.2, 0) is 17.9 Å². The molecule has 2 aromatic carbocycles. The molecule has 0 spiro atoms. The molecule has 1 aliphatic heterocycles. The van der Waals surface area contributed by atoms with Gasteiger partial charge in [0.15, 0.2) is 10.6 Å². The van der Waals surface area contributed by atoms with Gasteiger partial charge in [0.25, 0.3) is 0 Å². The van der Waals surface area contributed by atoms with Gasteiger partial charge in [0.05, 0.1) is 0 Å². The number of benzene rings is 2. The van der Waals surface area contributed by atoms with Crippen LogP contribution in [0, 0.1) is 11.7 Å². The third kappa shape index (κ3) is 5.78. The molecule has 1 amide bonds. The van der Waals surface area contributed by atoms with Crippen LogP contribution in [0.5, 0.6) is 0 Å². The molecule has 1 aliphatic rings. The fourth-order valence-electron chi connectivity index (χ4n) is 4.32. The van der Waals surface area contributed by atoms with Crippen LogP contribution in [0.4, 0.5) is 0 Å². The average molecular weight is 464 g/mol. The van der Waals surface area contributed by atoms with Crippen LogP contribution < -0.4 is 0 Å². The van der Waals surface area contributed by atoms with Gasteiger partial charge in [-0.05, 0) is 42.3 Å². The third-order valence-electron chi connectivity index (χ3n) is 6.36. The predicted molar refractivity (Wildman–Crippen MR) is 135 cm³/mol. The summed E-state index contributed by atoms with van der Waals surface area (Å²) in [6.07, 6.45) is 0.420. The lowest BCUT2D eigenvalue weighted by Gasteiger charge is -2.35. The van der Waals surface area contributed by atoms with Crippen LogP contribution in [0.3, 0.4) is 0 Å². The van der Waals surface area contributed by atoms with E-state index in [0.717, 1.165) is 49.7 Å². The number of nitrogens with one attached hydrogen (secondary N) is 1. The minimum atomic E-state index is 0.175. The summed E-state index contributed by atoms with van der Waals surface area (Å²) < 4.78 is 2.48. The zero-order valence-corrected chi connectivity index (χ0v) is 20.6. The molecular formula is C26H33N5OS. The molecule has 1 N–H and O–H groups in total. The van der Waals surface area contributed by atoms with Crippen molar-refractivity contribution in [3.8, 4) is 11.4 Å². The van der Waals surface area contributed by atoms with Gasteiger partial charge < -0.3 is 4.90 Å².